The van der Waals surface area contributed by atoms with Crippen molar-refractivity contribution in [2.24, 2.45) is 0 Å². The van der Waals surface area contributed by atoms with Crippen LogP contribution in [0.1, 0.15) is 30.5 Å². The summed E-state index contributed by atoms with van der Waals surface area (Å²) >= 11 is 0. The van der Waals surface area contributed by atoms with Crippen LogP contribution in [0, 0.1) is 0 Å². The Morgan fingerprint density at radius 2 is 2.12 bits per heavy atom. The highest BCUT2D eigenvalue weighted by molar-refractivity contribution is 5.94. The van der Waals surface area contributed by atoms with Crippen molar-refractivity contribution < 1.29 is 14.3 Å². The van der Waals surface area contributed by atoms with Gasteiger partial charge >= 0.3 is 0 Å². The Balaban J connectivity index is 1.11. The first-order valence-corrected chi connectivity index (χ1v) is 11.4. The van der Waals surface area contributed by atoms with E-state index in [9.17, 15) is 4.79 Å². The molecule has 9 nitrogen and oxygen atoms in total. The minimum absolute atomic E-state index is 0.0449. The highest BCUT2D eigenvalue weighted by Gasteiger charge is 2.21. The molecule has 2 aliphatic rings. The molecule has 3 N–H and O–H groups in total. The zero-order chi connectivity index (χ0) is 22.6. The van der Waals surface area contributed by atoms with Gasteiger partial charge in [-0.25, -0.2) is 9.97 Å². The average Bonchev–Trinajstić information content (AvgIpc) is 2.86. The third-order valence-electron chi connectivity index (χ3n) is 6.23. The van der Waals surface area contributed by atoms with Gasteiger partial charge < -0.3 is 25.4 Å². The van der Waals surface area contributed by atoms with Crippen LogP contribution < -0.4 is 25.4 Å². The van der Waals surface area contributed by atoms with Crippen molar-refractivity contribution in [3.63, 3.8) is 0 Å². The van der Waals surface area contributed by atoms with Gasteiger partial charge in [0, 0.05) is 37.4 Å². The van der Waals surface area contributed by atoms with Crippen molar-refractivity contribution in [1.82, 2.24) is 25.6 Å². The number of aryl methyl sites for hydroxylation is 1. The van der Waals surface area contributed by atoms with Gasteiger partial charge in [-0.2, -0.15) is 0 Å². The Labute approximate surface area is 192 Å². The molecule has 0 unspecified atom stereocenters. The SMILES string of the molecule is COc1ccc2nccc(CC[C@H]3CC[C@H](NCc4ccc5c(n4)NC(=O)CO5)CN3)c2n1. The molecule has 9 heteroatoms. The first kappa shape index (κ1) is 21.5. The molecule has 0 spiro atoms. The van der Waals surface area contributed by atoms with Crippen LogP contribution in [0.4, 0.5) is 5.82 Å². The summed E-state index contributed by atoms with van der Waals surface area (Å²) in [6.07, 6.45) is 6.06. The first-order valence-electron chi connectivity index (χ1n) is 11.4. The first-order chi connectivity index (χ1) is 16.2. The number of hydrogen-bond acceptors (Lipinski definition) is 8. The molecule has 5 rings (SSSR count). The number of amides is 1. The van der Waals surface area contributed by atoms with Crippen molar-refractivity contribution in [2.75, 3.05) is 25.6 Å². The number of ether oxygens (including phenoxy) is 2. The number of fused-ring (bicyclic) bond motifs is 2. The number of carbonyl (C=O) groups is 1. The van der Waals surface area contributed by atoms with Crippen molar-refractivity contribution in [3.05, 3.63) is 47.8 Å². The van der Waals surface area contributed by atoms with Crippen molar-refractivity contribution in [2.45, 2.75) is 44.3 Å². The van der Waals surface area contributed by atoms with Gasteiger partial charge in [-0.3, -0.25) is 9.78 Å². The van der Waals surface area contributed by atoms with Crippen molar-refractivity contribution in [1.29, 1.82) is 0 Å². The summed E-state index contributed by atoms with van der Waals surface area (Å²) in [5.41, 5.74) is 3.91. The molecule has 0 radical (unpaired) electrons. The third kappa shape index (κ3) is 5.04. The largest absolute Gasteiger partial charge is 0.481 e. The molecule has 0 bridgehead atoms. The van der Waals surface area contributed by atoms with E-state index in [1.807, 2.05) is 30.5 Å². The second kappa shape index (κ2) is 9.68. The predicted octanol–water partition coefficient (Wildman–Crippen LogP) is 2.21. The minimum atomic E-state index is -0.169. The zero-order valence-corrected chi connectivity index (χ0v) is 18.6. The number of carbonyl (C=O) groups excluding carboxylic acids is 1. The van der Waals surface area contributed by atoms with E-state index in [2.05, 4.69) is 37.0 Å². The van der Waals surface area contributed by atoms with Crippen LogP contribution in [0.2, 0.25) is 0 Å². The Morgan fingerprint density at radius 3 is 2.97 bits per heavy atom. The highest BCUT2D eigenvalue weighted by atomic mass is 16.5. The number of hydrogen-bond donors (Lipinski definition) is 3. The Bertz CT molecular complexity index is 1150. The number of aromatic nitrogens is 3. The van der Waals surface area contributed by atoms with Crippen LogP contribution >= 0.6 is 0 Å². The summed E-state index contributed by atoms with van der Waals surface area (Å²) in [4.78, 5) is 25.0. The van der Waals surface area contributed by atoms with Crippen LogP contribution in [0.5, 0.6) is 11.6 Å². The van der Waals surface area contributed by atoms with Gasteiger partial charge in [0.15, 0.2) is 18.2 Å². The van der Waals surface area contributed by atoms with E-state index in [0.717, 1.165) is 49.0 Å². The van der Waals surface area contributed by atoms with Crippen LogP contribution in [-0.2, 0) is 17.8 Å². The van der Waals surface area contributed by atoms with E-state index in [1.54, 1.807) is 7.11 Å². The van der Waals surface area contributed by atoms with Gasteiger partial charge in [0.1, 0.15) is 0 Å². The lowest BCUT2D eigenvalue weighted by atomic mass is 9.95. The smallest absolute Gasteiger partial charge is 0.263 e. The molecule has 0 aliphatic carbocycles. The van der Waals surface area contributed by atoms with E-state index in [-0.39, 0.29) is 12.5 Å². The van der Waals surface area contributed by atoms with Crippen LogP contribution in [-0.4, -0.2) is 53.2 Å². The fraction of sp³-hybridized carbons (Fsp3) is 0.417. The van der Waals surface area contributed by atoms with Gasteiger partial charge in [0.2, 0.25) is 5.88 Å². The minimum Gasteiger partial charge on any atom is -0.481 e. The highest BCUT2D eigenvalue weighted by Crippen LogP contribution is 2.25. The van der Waals surface area contributed by atoms with Crippen LogP contribution in [0.3, 0.4) is 0 Å². The molecular formula is C24H28N6O3. The van der Waals surface area contributed by atoms with Crippen molar-refractivity contribution >= 4 is 22.8 Å². The summed E-state index contributed by atoms with van der Waals surface area (Å²) in [7, 11) is 1.63. The van der Waals surface area contributed by atoms with E-state index in [1.165, 1.54) is 5.56 Å². The topological polar surface area (TPSA) is 110 Å². The fourth-order valence-electron chi connectivity index (χ4n) is 4.39. The fourth-order valence-corrected chi connectivity index (χ4v) is 4.39. The molecule has 2 atom stereocenters. The lowest BCUT2D eigenvalue weighted by molar-refractivity contribution is -0.118. The molecule has 33 heavy (non-hydrogen) atoms. The zero-order valence-electron chi connectivity index (χ0n) is 18.6. The molecular weight excluding hydrogens is 420 g/mol. The lowest BCUT2D eigenvalue weighted by Gasteiger charge is -2.30. The van der Waals surface area contributed by atoms with E-state index in [4.69, 9.17) is 9.47 Å². The Hall–Kier alpha value is -3.30. The predicted molar refractivity (Wildman–Crippen MR) is 124 cm³/mol. The van der Waals surface area contributed by atoms with E-state index < -0.39 is 0 Å². The van der Waals surface area contributed by atoms with Gasteiger partial charge in [-0.15, -0.1) is 0 Å². The Kier molecular flexibility index (Phi) is 6.32. The summed E-state index contributed by atoms with van der Waals surface area (Å²) in [6.45, 7) is 1.61. The van der Waals surface area contributed by atoms with Gasteiger partial charge in [-0.05, 0) is 55.5 Å². The molecule has 1 fully saturated rings. The molecule has 0 aromatic carbocycles. The third-order valence-corrected chi connectivity index (χ3v) is 6.23. The summed E-state index contributed by atoms with van der Waals surface area (Å²) in [6, 6.07) is 10.5. The number of nitrogens with zero attached hydrogens (tertiary/aromatic N) is 3. The monoisotopic (exact) mass is 448 g/mol. The van der Waals surface area contributed by atoms with Crippen LogP contribution in [0.15, 0.2) is 36.5 Å². The summed E-state index contributed by atoms with van der Waals surface area (Å²) in [5, 5.41) is 10.0. The van der Waals surface area contributed by atoms with Crippen molar-refractivity contribution in [3.8, 4) is 11.6 Å². The molecule has 3 aromatic rings. The molecule has 3 aromatic heterocycles. The second-order valence-electron chi connectivity index (χ2n) is 8.48. The number of methoxy groups -OCH3 is 1. The van der Waals surface area contributed by atoms with E-state index >= 15 is 0 Å². The van der Waals surface area contributed by atoms with Gasteiger partial charge in [0.25, 0.3) is 5.91 Å². The Morgan fingerprint density at radius 1 is 1.18 bits per heavy atom. The maximum absolute atomic E-state index is 11.5. The number of rotatable bonds is 7. The average molecular weight is 449 g/mol. The molecule has 1 amide bonds. The lowest BCUT2D eigenvalue weighted by Crippen LogP contribution is -2.47. The number of piperidine rings is 1. The number of pyridine rings is 3. The van der Waals surface area contributed by atoms with E-state index in [0.29, 0.717) is 36.1 Å². The molecule has 2 aliphatic heterocycles. The number of nitrogens with one attached hydrogen (secondary N) is 3. The van der Waals surface area contributed by atoms with Gasteiger partial charge in [0.05, 0.1) is 23.8 Å². The number of anilines is 1. The van der Waals surface area contributed by atoms with Crippen LogP contribution in [0.25, 0.3) is 11.0 Å². The van der Waals surface area contributed by atoms with Gasteiger partial charge in [-0.1, -0.05) is 0 Å². The second-order valence-corrected chi connectivity index (χ2v) is 8.48. The molecule has 172 valence electrons. The molecule has 5 heterocycles. The summed E-state index contributed by atoms with van der Waals surface area (Å²) in [5.74, 6) is 1.57. The molecule has 1 saturated heterocycles. The quantitative estimate of drug-likeness (QED) is 0.505. The maximum Gasteiger partial charge on any atom is 0.263 e. The summed E-state index contributed by atoms with van der Waals surface area (Å²) < 4.78 is 10.7. The maximum atomic E-state index is 11.5. The standard InChI is InChI=1S/C24H28N6O3/c1-32-22-9-7-19-23(30-22)15(10-11-25-19)2-3-16-4-5-17(12-26-16)27-13-18-6-8-20-24(28-18)29-21(31)14-33-20/h6-11,16-17,26-27H,2-5,12-14H2,1H3,(H,28,29,31)/t16-,17-/m0/s1. The normalized spacial score (nSPS) is 20.1. The molecule has 0 saturated carbocycles.